The molecule has 0 aliphatic carbocycles. The second-order valence-corrected chi connectivity index (χ2v) is 5.99. The van der Waals surface area contributed by atoms with Gasteiger partial charge in [0.25, 0.3) is 0 Å². The number of thiophene rings is 1. The molecular formula is C12H13Cl2N3S. The van der Waals surface area contributed by atoms with E-state index in [1.165, 1.54) is 0 Å². The summed E-state index contributed by atoms with van der Waals surface area (Å²) in [6.07, 6.45) is 0.758. The Morgan fingerprint density at radius 3 is 2.72 bits per heavy atom. The predicted molar refractivity (Wildman–Crippen MR) is 77.8 cm³/mol. The van der Waals surface area contributed by atoms with E-state index < -0.39 is 0 Å². The van der Waals surface area contributed by atoms with Crippen LogP contribution < -0.4 is 5.32 Å². The Labute approximate surface area is 120 Å². The van der Waals surface area contributed by atoms with Gasteiger partial charge >= 0.3 is 0 Å². The molecule has 0 radical (unpaired) electrons. The van der Waals surface area contributed by atoms with E-state index in [1.807, 2.05) is 19.1 Å². The number of aromatic nitrogens is 2. The summed E-state index contributed by atoms with van der Waals surface area (Å²) in [7, 11) is 0. The number of hydrogen-bond acceptors (Lipinski definition) is 4. The fourth-order valence-electron chi connectivity index (χ4n) is 1.55. The molecule has 6 heteroatoms. The Hall–Kier alpha value is -0.840. The predicted octanol–water partition coefficient (Wildman–Crippen LogP) is 4.58. The first-order chi connectivity index (χ1) is 8.58. The van der Waals surface area contributed by atoms with E-state index in [2.05, 4.69) is 22.2 Å². The molecule has 0 fully saturated rings. The van der Waals surface area contributed by atoms with Gasteiger partial charge in [-0.15, -0.1) is 11.3 Å². The van der Waals surface area contributed by atoms with Crippen LogP contribution >= 0.6 is 34.5 Å². The van der Waals surface area contributed by atoms with Gasteiger partial charge in [0.15, 0.2) is 0 Å². The number of hydrogen-bond donors (Lipinski definition) is 1. The van der Waals surface area contributed by atoms with Gasteiger partial charge in [0, 0.05) is 17.4 Å². The lowest BCUT2D eigenvalue weighted by Crippen LogP contribution is -2.08. The third kappa shape index (κ3) is 3.34. The highest BCUT2D eigenvalue weighted by Gasteiger charge is 2.10. The molecule has 0 saturated carbocycles. The first-order valence-corrected chi connectivity index (χ1v) is 7.21. The number of nitrogens with one attached hydrogen (secondary N) is 1. The molecule has 1 atom stereocenters. The van der Waals surface area contributed by atoms with Gasteiger partial charge < -0.3 is 5.32 Å². The summed E-state index contributed by atoms with van der Waals surface area (Å²) in [5.41, 5.74) is 0. The van der Waals surface area contributed by atoms with Crippen LogP contribution in [0.3, 0.4) is 0 Å². The molecule has 0 spiro atoms. The molecule has 2 heterocycles. The van der Waals surface area contributed by atoms with Crippen LogP contribution in [0.1, 0.15) is 30.6 Å². The molecule has 1 unspecified atom stereocenters. The fraction of sp³-hybridized carbons (Fsp3) is 0.333. The minimum Gasteiger partial charge on any atom is -0.363 e. The van der Waals surface area contributed by atoms with Crippen molar-refractivity contribution in [3.8, 4) is 0 Å². The van der Waals surface area contributed by atoms with Crippen molar-refractivity contribution in [2.75, 3.05) is 5.32 Å². The molecule has 18 heavy (non-hydrogen) atoms. The lowest BCUT2D eigenvalue weighted by atomic mass is 10.3. The topological polar surface area (TPSA) is 37.8 Å². The molecule has 2 aromatic heterocycles. The smallest absolute Gasteiger partial charge is 0.134 e. The third-order valence-corrected chi connectivity index (χ3v) is 4.05. The van der Waals surface area contributed by atoms with Crippen LogP contribution in [0.25, 0.3) is 0 Å². The average Bonchev–Trinajstić information content (AvgIpc) is 2.75. The van der Waals surface area contributed by atoms with Gasteiger partial charge in [-0.1, -0.05) is 30.1 Å². The normalized spacial score (nSPS) is 12.4. The zero-order chi connectivity index (χ0) is 13.1. The Morgan fingerprint density at radius 1 is 1.33 bits per heavy atom. The number of anilines is 1. The zero-order valence-electron chi connectivity index (χ0n) is 10.1. The Balaban J connectivity index is 2.16. The average molecular weight is 302 g/mol. The van der Waals surface area contributed by atoms with Gasteiger partial charge in [-0.3, -0.25) is 0 Å². The second-order valence-electron chi connectivity index (χ2n) is 3.85. The highest BCUT2D eigenvalue weighted by Crippen LogP contribution is 2.28. The molecule has 3 nitrogen and oxygen atoms in total. The van der Waals surface area contributed by atoms with E-state index in [0.29, 0.717) is 5.15 Å². The fourth-order valence-corrected chi connectivity index (χ4v) is 2.81. The summed E-state index contributed by atoms with van der Waals surface area (Å²) < 4.78 is 0.786. The van der Waals surface area contributed by atoms with Crippen molar-refractivity contribution in [2.45, 2.75) is 26.3 Å². The lowest BCUT2D eigenvalue weighted by Gasteiger charge is -2.13. The van der Waals surface area contributed by atoms with Gasteiger partial charge in [0.05, 0.1) is 10.4 Å². The largest absolute Gasteiger partial charge is 0.363 e. The molecule has 0 bridgehead atoms. The van der Waals surface area contributed by atoms with Crippen LogP contribution in [-0.2, 0) is 6.42 Å². The Bertz CT molecular complexity index is 542. The van der Waals surface area contributed by atoms with Crippen molar-refractivity contribution in [3.63, 3.8) is 0 Å². The van der Waals surface area contributed by atoms with E-state index in [1.54, 1.807) is 17.4 Å². The maximum atomic E-state index is 5.95. The molecule has 1 N–H and O–H groups in total. The standard InChI is InChI=1S/C12H13Cl2N3S/c1-3-11-16-9(13)6-12(17-11)15-7(2)8-4-5-10(14)18-8/h4-7H,3H2,1-2H3,(H,15,16,17). The molecule has 0 aliphatic rings. The van der Waals surface area contributed by atoms with Crippen molar-refractivity contribution < 1.29 is 0 Å². The summed E-state index contributed by atoms with van der Waals surface area (Å²) >= 11 is 13.4. The monoisotopic (exact) mass is 301 g/mol. The van der Waals surface area contributed by atoms with Crippen LogP contribution in [0.4, 0.5) is 5.82 Å². The summed E-state index contributed by atoms with van der Waals surface area (Å²) in [6.45, 7) is 4.06. The molecular weight excluding hydrogens is 289 g/mol. The summed E-state index contributed by atoms with van der Waals surface area (Å²) in [4.78, 5) is 9.68. The van der Waals surface area contributed by atoms with Gasteiger partial charge in [-0.05, 0) is 19.1 Å². The van der Waals surface area contributed by atoms with Gasteiger partial charge in [-0.2, -0.15) is 0 Å². The SMILES string of the molecule is CCc1nc(Cl)cc(NC(C)c2ccc(Cl)s2)n1. The highest BCUT2D eigenvalue weighted by molar-refractivity contribution is 7.16. The van der Waals surface area contributed by atoms with E-state index >= 15 is 0 Å². The first kappa shape index (κ1) is 13.6. The summed E-state index contributed by atoms with van der Waals surface area (Å²) in [5, 5.41) is 3.76. The van der Waals surface area contributed by atoms with Gasteiger partial charge in [-0.25, -0.2) is 9.97 Å². The van der Waals surface area contributed by atoms with Crippen molar-refractivity contribution in [2.24, 2.45) is 0 Å². The molecule has 0 saturated heterocycles. The van der Waals surface area contributed by atoms with E-state index in [-0.39, 0.29) is 6.04 Å². The highest BCUT2D eigenvalue weighted by atomic mass is 35.5. The summed E-state index contributed by atoms with van der Waals surface area (Å²) in [6, 6.07) is 5.77. The van der Waals surface area contributed by atoms with Crippen LogP contribution in [0.5, 0.6) is 0 Å². The van der Waals surface area contributed by atoms with Crippen LogP contribution in [0.15, 0.2) is 18.2 Å². The van der Waals surface area contributed by atoms with E-state index in [4.69, 9.17) is 23.2 Å². The number of aryl methyl sites for hydroxylation is 1. The maximum Gasteiger partial charge on any atom is 0.134 e. The molecule has 0 amide bonds. The second kappa shape index (κ2) is 5.87. The van der Waals surface area contributed by atoms with Crippen molar-refractivity contribution >= 4 is 40.4 Å². The first-order valence-electron chi connectivity index (χ1n) is 5.63. The quantitative estimate of drug-likeness (QED) is 0.840. The van der Waals surface area contributed by atoms with Crippen LogP contribution in [0.2, 0.25) is 9.49 Å². The molecule has 2 aromatic rings. The van der Waals surface area contributed by atoms with Gasteiger partial charge in [0.2, 0.25) is 0 Å². The zero-order valence-corrected chi connectivity index (χ0v) is 12.4. The van der Waals surface area contributed by atoms with Gasteiger partial charge in [0.1, 0.15) is 16.8 Å². The molecule has 0 aliphatic heterocycles. The van der Waals surface area contributed by atoms with E-state index in [9.17, 15) is 0 Å². The van der Waals surface area contributed by atoms with E-state index in [0.717, 1.165) is 27.3 Å². The number of rotatable bonds is 4. The lowest BCUT2D eigenvalue weighted by molar-refractivity contribution is 0.872. The number of halogens is 2. The third-order valence-electron chi connectivity index (χ3n) is 2.44. The minimum atomic E-state index is 0.137. The molecule has 2 rings (SSSR count). The van der Waals surface area contributed by atoms with Crippen molar-refractivity contribution in [1.82, 2.24) is 9.97 Å². The Morgan fingerprint density at radius 2 is 2.11 bits per heavy atom. The van der Waals surface area contributed by atoms with Crippen LogP contribution in [-0.4, -0.2) is 9.97 Å². The summed E-state index contributed by atoms with van der Waals surface area (Å²) in [5.74, 6) is 1.48. The number of nitrogens with zero attached hydrogens (tertiary/aromatic N) is 2. The Kier molecular flexibility index (Phi) is 4.43. The van der Waals surface area contributed by atoms with Crippen molar-refractivity contribution in [1.29, 1.82) is 0 Å². The molecule has 0 aromatic carbocycles. The van der Waals surface area contributed by atoms with Crippen molar-refractivity contribution in [3.05, 3.63) is 38.4 Å². The maximum absolute atomic E-state index is 5.95. The minimum absolute atomic E-state index is 0.137. The molecule has 96 valence electrons. The van der Waals surface area contributed by atoms with Crippen LogP contribution in [0, 0.1) is 0 Å².